The van der Waals surface area contributed by atoms with Gasteiger partial charge in [0.2, 0.25) is 0 Å². The van der Waals surface area contributed by atoms with E-state index >= 15 is 0 Å². The van der Waals surface area contributed by atoms with Crippen molar-refractivity contribution in [3.63, 3.8) is 0 Å². The molecule has 0 spiro atoms. The molecular formula is C64H70BBrN10O2. The van der Waals surface area contributed by atoms with Crippen LogP contribution < -0.4 is 15.3 Å². The van der Waals surface area contributed by atoms with E-state index in [0.29, 0.717) is 24.2 Å². The second kappa shape index (κ2) is 21.7. The maximum Gasteiger partial charge on any atom is 0.495 e. The number of aromatic nitrogens is 8. The smallest absolute Gasteiger partial charge is 0.399 e. The number of hydrogen-bond acceptors (Lipinski definition) is 10. The van der Waals surface area contributed by atoms with Gasteiger partial charge >= 0.3 is 7.12 Å². The number of nitrogens with zero attached hydrogens (tertiary/aromatic N) is 10. The number of pyridine rings is 2. The van der Waals surface area contributed by atoms with Gasteiger partial charge in [-0.25, -0.2) is 19.0 Å². The fourth-order valence-corrected chi connectivity index (χ4v) is 12.0. The summed E-state index contributed by atoms with van der Waals surface area (Å²) in [5.74, 6) is 0. The zero-order valence-corrected chi connectivity index (χ0v) is 48.2. The molecule has 0 radical (unpaired) electrons. The Morgan fingerprint density at radius 3 is 1.50 bits per heavy atom. The van der Waals surface area contributed by atoms with E-state index in [1.807, 2.05) is 71.9 Å². The van der Waals surface area contributed by atoms with Crippen LogP contribution in [-0.4, -0.2) is 81.7 Å². The molecule has 78 heavy (non-hydrogen) atoms. The second-order valence-electron chi connectivity index (χ2n) is 22.7. The highest BCUT2D eigenvalue weighted by atomic mass is 79.9. The van der Waals surface area contributed by atoms with E-state index in [1.165, 1.54) is 49.9 Å². The van der Waals surface area contributed by atoms with Crippen molar-refractivity contribution < 1.29 is 9.31 Å². The van der Waals surface area contributed by atoms with E-state index < -0.39 is 0 Å². The first-order valence-corrected chi connectivity index (χ1v) is 28.5. The number of benzene rings is 4. The third kappa shape index (κ3) is 10.5. The molecule has 0 N–H and O–H groups in total. The number of piperidine rings is 2. The van der Waals surface area contributed by atoms with E-state index in [0.717, 1.165) is 87.8 Å². The Balaban J connectivity index is 0.000000129. The van der Waals surface area contributed by atoms with E-state index in [1.54, 1.807) is 6.20 Å². The first kappa shape index (κ1) is 53.0. The lowest BCUT2D eigenvalue weighted by molar-refractivity contribution is 0.00578. The van der Waals surface area contributed by atoms with Crippen LogP contribution in [0.15, 0.2) is 151 Å². The summed E-state index contributed by atoms with van der Waals surface area (Å²) in [6.07, 6.45) is 19.4. The van der Waals surface area contributed by atoms with E-state index in [2.05, 4.69) is 197 Å². The molecule has 13 rings (SSSR count). The SMILES string of the molecule is C[C@@H]1CCC[C@H](C)N1c1ccc(-c2cnc3c(Br)cnn3c2)cc1.Cc1ccc2c(-c3cnn4cc(-c5ccc(N6[C@H](C)CCC[C@@H]6C)cc5)cnc34)cccc2n1.Cc1ccc2c(B3OC(C)(C)C(C)(C)O3)cccc2n1. The minimum Gasteiger partial charge on any atom is -0.399 e. The highest BCUT2D eigenvalue weighted by molar-refractivity contribution is 9.10. The van der Waals surface area contributed by atoms with Crippen LogP contribution in [0, 0.1) is 13.8 Å². The molecule has 3 fully saturated rings. The van der Waals surface area contributed by atoms with Crippen molar-refractivity contribution in [2.45, 2.75) is 143 Å². The Labute approximate surface area is 467 Å². The topological polar surface area (TPSA) is 111 Å². The van der Waals surface area contributed by atoms with E-state index in [4.69, 9.17) is 14.3 Å². The molecule has 0 bridgehead atoms. The van der Waals surface area contributed by atoms with Crippen molar-refractivity contribution in [1.29, 1.82) is 0 Å². The van der Waals surface area contributed by atoms with Gasteiger partial charge in [-0.1, -0.05) is 60.7 Å². The third-order valence-electron chi connectivity index (χ3n) is 16.6. The minimum atomic E-state index is -0.340. The fourth-order valence-electron chi connectivity index (χ4n) is 11.7. The molecule has 10 aromatic rings. The molecule has 9 heterocycles. The van der Waals surface area contributed by atoms with Crippen LogP contribution in [-0.2, 0) is 9.31 Å². The molecule has 3 aliphatic rings. The number of halogens is 1. The molecule has 14 heteroatoms. The molecule has 0 amide bonds. The van der Waals surface area contributed by atoms with Crippen molar-refractivity contribution in [3.8, 4) is 33.4 Å². The Morgan fingerprint density at radius 1 is 0.500 bits per heavy atom. The molecule has 0 aliphatic carbocycles. The van der Waals surface area contributed by atoms with Gasteiger partial charge in [0.05, 0.1) is 39.1 Å². The largest absolute Gasteiger partial charge is 0.495 e. The highest BCUT2D eigenvalue weighted by Crippen LogP contribution is 2.38. The lowest BCUT2D eigenvalue weighted by Crippen LogP contribution is -2.43. The molecule has 3 saturated heterocycles. The molecule has 4 atom stereocenters. The summed E-state index contributed by atoms with van der Waals surface area (Å²) >= 11 is 3.46. The normalized spacial score (nSPS) is 20.0. The van der Waals surface area contributed by atoms with Crippen molar-refractivity contribution in [2.75, 3.05) is 9.80 Å². The van der Waals surface area contributed by atoms with Gasteiger partial charge in [-0.05, 0) is 200 Å². The molecule has 398 valence electrons. The summed E-state index contributed by atoms with van der Waals surface area (Å²) in [5.41, 5.74) is 15.3. The van der Waals surface area contributed by atoms with Crippen molar-refractivity contribution in [1.82, 2.24) is 39.2 Å². The fraction of sp³-hybridized carbons (Fsp3) is 0.344. The van der Waals surface area contributed by atoms with E-state index in [9.17, 15) is 0 Å². The van der Waals surface area contributed by atoms with Gasteiger partial charge in [-0.15, -0.1) is 0 Å². The number of fused-ring (bicyclic) bond motifs is 4. The van der Waals surface area contributed by atoms with Crippen molar-refractivity contribution in [2.24, 2.45) is 0 Å². The van der Waals surface area contributed by atoms with Gasteiger partial charge in [0.1, 0.15) is 0 Å². The molecule has 4 aromatic carbocycles. The van der Waals surface area contributed by atoms with Gasteiger partial charge in [0.25, 0.3) is 0 Å². The summed E-state index contributed by atoms with van der Waals surface area (Å²) in [5, 5.41) is 11.2. The Morgan fingerprint density at radius 2 is 0.962 bits per heavy atom. The number of aryl methyl sites for hydroxylation is 2. The first-order chi connectivity index (χ1) is 37.5. The van der Waals surface area contributed by atoms with Crippen LogP contribution in [0.25, 0.3) is 66.5 Å². The molecule has 0 saturated carbocycles. The van der Waals surface area contributed by atoms with Crippen LogP contribution in [0.1, 0.15) is 105 Å². The third-order valence-corrected chi connectivity index (χ3v) is 17.2. The second-order valence-corrected chi connectivity index (χ2v) is 23.6. The van der Waals surface area contributed by atoms with Gasteiger partial charge in [-0.3, -0.25) is 9.97 Å². The van der Waals surface area contributed by atoms with Crippen LogP contribution in [0.3, 0.4) is 0 Å². The van der Waals surface area contributed by atoms with Crippen molar-refractivity contribution >= 4 is 73.0 Å². The standard InChI is InChI=1S/C29H29N5.C19H21BrN4.C16H20BNO2/c1-19-10-15-26-25(8-5-9-28(26)32-19)27-17-31-33-18-23(16-30-29(27)33)22-11-13-24(14-12-22)34-20(2)6-4-7-21(34)3;1-13-4-3-5-14(2)24(13)17-8-6-15(7-9-17)16-10-21-19-18(20)11-22-23(19)12-16;1-11-9-10-12-13(7-6-8-14(12)18-11)17-19-15(2,3)16(4,5)20-17/h5,8-18,20-21H,4,6-7H2,1-3H3;6-14H,3-5H2,1-2H3;6-10H,1-5H3/t20-,21+;13-,14+;. The maximum atomic E-state index is 6.14. The lowest BCUT2D eigenvalue weighted by Gasteiger charge is -2.41. The molecule has 3 aliphatic heterocycles. The average Bonchev–Trinajstić information content (AvgIpc) is 4.15. The summed E-state index contributed by atoms with van der Waals surface area (Å²) in [7, 11) is -0.340. The summed E-state index contributed by atoms with van der Waals surface area (Å²) in [6.45, 7) is 21.6. The van der Waals surface area contributed by atoms with Gasteiger partial charge in [-0.2, -0.15) is 10.2 Å². The molecule has 12 nitrogen and oxygen atoms in total. The van der Waals surface area contributed by atoms with Gasteiger partial charge in [0, 0.05) is 93.8 Å². The predicted molar refractivity (Wildman–Crippen MR) is 323 cm³/mol. The highest BCUT2D eigenvalue weighted by Gasteiger charge is 2.52. The monoisotopic (exact) mass is 1100 g/mol. The Kier molecular flexibility index (Phi) is 14.7. The predicted octanol–water partition coefficient (Wildman–Crippen LogP) is 14.5. The molecule has 6 aromatic heterocycles. The lowest BCUT2D eigenvalue weighted by atomic mass is 9.76. The Hall–Kier alpha value is -7.00. The van der Waals surface area contributed by atoms with Crippen LogP contribution in [0.4, 0.5) is 11.4 Å². The molecular weight excluding hydrogens is 1030 g/mol. The number of anilines is 2. The maximum absolute atomic E-state index is 6.14. The van der Waals surface area contributed by atoms with E-state index in [-0.39, 0.29) is 18.3 Å². The zero-order chi connectivity index (χ0) is 54.5. The summed E-state index contributed by atoms with van der Waals surface area (Å²) in [4.78, 5) is 23.7. The zero-order valence-electron chi connectivity index (χ0n) is 46.7. The summed E-state index contributed by atoms with van der Waals surface area (Å²) in [6, 6.07) is 40.8. The first-order valence-electron chi connectivity index (χ1n) is 27.7. The number of hydrogen-bond donors (Lipinski definition) is 0. The quantitative estimate of drug-likeness (QED) is 0.149. The molecule has 0 unspecified atom stereocenters. The summed E-state index contributed by atoms with van der Waals surface area (Å²) < 4.78 is 16.9. The minimum absolute atomic E-state index is 0.321. The average molecular weight is 1100 g/mol. The van der Waals surface area contributed by atoms with Gasteiger partial charge in [0.15, 0.2) is 11.3 Å². The Bertz CT molecular complexity index is 3730. The van der Waals surface area contributed by atoms with Crippen LogP contribution in [0.5, 0.6) is 0 Å². The van der Waals surface area contributed by atoms with Gasteiger partial charge < -0.3 is 19.1 Å². The van der Waals surface area contributed by atoms with Crippen molar-refractivity contribution in [3.05, 3.63) is 162 Å². The van der Waals surface area contributed by atoms with Crippen LogP contribution >= 0.6 is 15.9 Å². The van der Waals surface area contributed by atoms with Crippen LogP contribution in [0.2, 0.25) is 0 Å². The number of rotatable bonds is 6.